The lowest BCUT2D eigenvalue weighted by atomic mass is 10.0. The zero-order chi connectivity index (χ0) is 37.1. The first-order valence-corrected chi connectivity index (χ1v) is 16.9. The summed E-state index contributed by atoms with van der Waals surface area (Å²) in [6, 6.07) is -6.87. The molecule has 7 amide bonds. The molecule has 0 aliphatic carbocycles. The second kappa shape index (κ2) is 18.1. The number of carbonyl (C=O) groups is 8. The van der Waals surface area contributed by atoms with Gasteiger partial charge in [0, 0.05) is 19.6 Å². The summed E-state index contributed by atoms with van der Waals surface area (Å²) in [6.45, 7) is 5.01. The molecule has 10 N–H and O–H groups in total. The SMILES string of the molecule is CC(C)C[C@@H]1NC(=O)[C@H](CC(=O)O)NC(=O)CNC(=O)[C@H](CCCN=C(N)N)NC(=O)[C@H](C)NC(=O)[C@@H]2CCCN2C(=O)[C@H]2CCCN2C1=O. The van der Waals surface area contributed by atoms with Gasteiger partial charge in [-0.2, -0.15) is 0 Å². The molecular weight excluding hydrogens is 656 g/mol. The average Bonchev–Trinajstić information content (AvgIpc) is 3.73. The monoisotopic (exact) mass is 706 g/mol. The number of hydrogen-bond acceptors (Lipinski definition) is 9. The molecule has 19 nitrogen and oxygen atoms in total. The summed E-state index contributed by atoms with van der Waals surface area (Å²) in [5.41, 5.74) is 10.7. The Bertz CT molecular complexity index is 1350. The van der Waals surface area contributed by atoms with Crippen molar-refractivity contribution >= 4 is 53.3 Å². The second-order valence-corrected chi connectivity index (χ2v) is 13.2. The highest BCUT2D eigenvalue weighted by atomic mass is 16.4. The molecule has 0 aromatic heterocycles. The molecule has 3 rings (SSSR count). The Morgan fingerprint density at radius 1 is 0.820 bits per heavy atom. The van der Waals surface area contributed by atoms with Gasteiger partial charge >= 0.3 is 5.97 Å². The molecule has 0 spiro atoms. The first-order valence-electron chi connectivity index (χ1n) is 16.9. The van der Waals surface area contributed by atoms with E-state index >= 15 is 0 Å². The summed E-state index contributed by atoms with van der Waals surface area (Å²) in [5, 5.41) is 22.0. The summed E-state index contributed by atoms with van der Waals surface area (Å²) in [6.07, 6.45) is 1.31. The zero-order valence-electron chi connectivity index (χ0n) is 28.7. The third kappa shape index (κ3) is 11.0. The molecule has 278 valence electrons. The van der Waals surface area contributed by atoms with Crippen molar-refractivity contribution in [2.75, 3.05) is 26.2 Å². The smallest absolute Gasteiger partial charge is 0.305 e. The topological polar surface area (TPSA) is 288 Å². The molecule has 0 unspecified atom stereocenters. The van der Waals surface area contributed by atoms with Gasteiger partial charge in [0.15, 0.2) is 5.96 Å². The van der Waals surface area contributed by atoms with E-state index < -0.39 is 96.5 Å². The van der Waals surface area contributed by atoms with Gasteiger partial charge < -0.3 is 53.0 Å². The summed E-state index contributed by atoms with van der Waals surface area (Å²) < 4.78 is 0. The number of nitrogens with one attached hydrogen (secondary N) is 5. The Balaban J connectivity index is 1.96. The summed E-state index contributed by atoms with van der Waals surface area (Å²) >= 11 is 0. The largest absolute Gasteiger partial charge is 0.481 e. The van der Waals surface area contributed by atoms with Crippen LogP contribution in [0.5, 0.6) is 0 Å². The summed E-state index contributed by atoms with van der Waals surface area (Å²) in [4.78, 5) is 112. The highest BCUT2D eigenvalue weighted by Gasteiger charge is 2.44. The van der Waals surface area contributed by atoms with Gasteiger partial charge in [-0.25, -0.2) is 0 Å². The number of rotatable bonds is 8. The van der Waals surface area contributed by atoms with E-state index in [2.05, 4.69) is 31.6 Å². The van der Waals surface area contributed by atoms with Crippen LogP contribution in [0.4, 0.5) is 0 Å². The molecule has 3 saturated heterocycles. The fraction of sp³-hybridized carbons (Fsp3) is 0.710. The standard InChI is InChI=1S/C31H50N10O9/c1-16(2)13-20-29(49)41-12-6-9-22(41)30(50)40-11-5-8-21(40)28(48)36-17(3)25(45)38-18(7-4-10-34-31(32)33)26(46)35-15-23(42)37-19(14-24(43)44)27(47)39-20/h16-22H,4-15H2,1-3H3,(H,35,46)(H,36,48)(H,37,42)(H,38,45)(H,39,47)(H,43,44)(H4,32,33,34)/t17-,18-,19-,20-,21-,22+/m0/s1. The Kier molecular flexibility index (Phi) is 14.3. The quantitative estimate of drug-likeness (QED) is 0.0700. The van der Waals surface area contributed by atoms with E-state index in [9.17, 15) is 43.5 Å². The molecule has 6 atom stereocenters. The maximum absolute atomic E-state index is 13.9. The van der Waals surface area contributed by atoms with Crippen LogP contribution in [0.1, 0.15) is 72.1 Å². The summed E-state index contributed by atoms with van der Waals surface area (Å²) in [5.74, 6) is -6.56. The minimum absolute atomic E-state index is 0.0365. The van der Waals surface area contributed by atoms with Crippen molar-refractivity contribution in [1.29, 1.82) is 0 Å². The zero-order valence-corrected chi connectivity index (χ0v) is 28.7. The van der Waals surface area contributed by atoms with Gasteiger partial charge in [0.05, 0.1) is 13.0 Å². The predicted octanol–water partition coefficient (Wildman–Crippen LogP) is -3.37. The minimum atomic E-state index is -1.61. The van der Waals surface area contributed by atoms with Crippen molar-refractivity contribution in [3.8, 4) is 0 Å². The first kappa shape index (κ1) is 39.5. The normalized spacial score (nSPS) is 27.6. The van der Waals surface area contributed by atoms with Crippen LogP contribution in [0.25, 0.3) is 0 Å². The van der Waals surface area contributed by atoms with Crippen molar-refractivity contribution in [3.63, 3.8) is 0 Å². The molecular formula is C31H50N10O9. The van der Waals surface area contributed by atoms with Crippen LogP contribution in [0.3, 0.4) is 0 Å². The molecule has 3 aliphatic heterocycles. The van der Waals surface area contributed by atoms with Crippen molar-refractivity contribution in [2.45, 2.75) is 108 Å². The van der Waals surface area contributed by atoms with Gasteiger partial charge in [0.1, 0.15) is 36.3 Å². The van der Waals surface area contributed by atoms with E-state index in [0.717, 1.165) is 0 Å². The third-order valence-corrected chi connectivity index (χ3v) is 8.77. The molecule has 3 fully saturated rings. The second-order valence-electron chi connectivity index (χ2n) is 13.2. The molecule has 3 aliphatic rings. The molecule has 0 saturated carbocycles. The number of nitrogens with two attached hydrogens (primary N) is 2. The Hall–Kier alpha value is -4.97. The maximum Gasteiger partial charge on any atom is 0.305 e. The number of amides is 7. The number of carboxylic acids is 1. The molecule has 0 aromatic carbocycles. The van der Waals surface area contributed by atoms with E-state index in [1.165, 1.54) is 16.7 Å². The third-order valence-electron chi connectivity index (χ3n) is 8.77. The molecule has 0 aromatic rings. The van der Waals surface area contributed by atoms with Crippen LogP contribution in [0, 0.1) is 5.92 Å². The lowest BCUT2D eigenvalue weighted by Gasteiger charge is -2.33. The van der Waals surface area contributed by atoms with Crippen LogP contribution in [-0.4, -0.2) is 131 Å². The molecule has 0 radical (unpaired) electrons. The van der Waals surface area contributed by atoms with Crippen molar-refractivity contribution in [3.05, 3.63) is 0 Å². The van der Waals surface area contributed by atoms with Gasteiger partial charge in [0.25, 0.3) is 0 Å². The first-order chi connectivity index (χ1) is 23.6. The fourth-order valence-corrected chi connectivity index (χ4v) is 6.31. The van der Waals surface area contributed by atoms with Gasteiger partial charge in [-0.1, -0.05) is 13.8 Å². The van der Waals surface area contributed by atoms with E-state index in [-0.39, 0.29) is 50.8 Å². The van der Waals surface area contributed by atoms with Gasteiger partial charge in [-0.05, 0) is 57.8 Å². The Labute approximate surface area is 290 Å². The van der Waals surface area contributed by atoms with Crippen LogP contribution in [0.15, 0.2) is 4.99 Å². The van der Waals surface area contributed by atoms with Gasteiger partial charge in [-0.3, -0.25) is 43.3 Å². The summed E-state index contributed by atoms with van der Waals surface area (Å²) in [7, 11) is 0. The fourth-order valence-electron chi connectivity index (χ4n) is 6.31. The lowest BCUT2D eigenvalue weighted by molar-refractivity contribution is -0.148. The number of fused-ring (bicyclic) bond motifs is 2. The van der Waals surface area contributed by atoms with E-state index in [1.807, 2.05) is 13.8 Å². The van der Waals surface area contributed by atoms with Gasteiger partial charge in [-0.15, -0.1) is 0 Å². The molecule has 50 heavy (non-hydrogen) atoms. The predicted molar refractivity (Wildman–Crippen MR) is 177 cm³/mol. The van der Waals surface area contributed by atoms with Crippen LogP contribution < -0.4 is 38.1 Å². The number of aliphatic carboxylic acids is 1. The number of aliphatic imine (C=N–C) groups is 1. The Morgan fingerprint density at radius 2 is 1.44 bits per heavy atom. The number of carboxylic acid groups (broad SMARTS) is 1. The van der Waals surface area contributed by atoms with Crippen molar-refractivity contribution in [2.24, 2.45) is 22.4 Å². The van der Waals surface area contributed by atoms with Crippen LogP contribution in [-0.2, 0) is 38.4 Å². The number of nitrogens with zero attached hydrogens (tertiary/aromatic N) is 3. The molecule has 0 bridgehead atoms. The highest BCUT2D eigenvalue weighted by molar-refractivity contribution is 5.98. The number of guanidine groups is 1. The minimum Gasteiger partial charge on any atom is -0.481 e. The number of carbonyl (C=O) groups excluding carboxylic acids is 7. The van der Waals surface area contributed by atoms with Gasteiger partial charge in [0.2, 0.25) is 41.4 Å². The Morgan fingerprint density at radius 3 is 2.06 bits per heavy atom. The van der Waals surface area contributed by atoms with Crippen molar-refractivity contribution < 1.29 is 43.5 Å². The molecule has 19 heteroatoms. The maximum atomic E-state index is 13.9. The van der Waals surface area contributed by atoms with Crippen LogP contribution >= 0.6 is 0 Å². The van der Waals surface area contributed by atoms with E-state index in [4.69, 9.17) is 11.5 Å². The lowest BCUT2D eigenvalue weighted by Crippen LogP contribution is -2.59. The van der Waals surface area contributed by atoms with Crippen LogP contribution in [0.2, 0.25) is 0 Å². The average molecular weight is 707 g/mol. The number of hydrogen-bond donors (Lipinski definition) is 8. The highest BCUT2D eigenvalue weighted by Crippen LogP contribution is 2.26. The van der Waals surface area contributed by atoms with E-state index in [1.54, 1.807) is 0 Å². The van der Waals surface area contributed by atoms with E-state index in [0.29, 0.717) is 25.7 Å². The molecule has 3 heterocycles. The van der Waals surface area contributed by atoms with Crippen molar-refractivity contribution in [1.82, 2.24) is 36.4 Å².